The first-order chi connectivity index (χ1) is 19.2. The third-order valence-electron chi connectivity index (χ3n) is 8.44. The van der Waals surface area contributed by atoms with Gasteiger partial charge in [-0.3, -0.25) is 0 Å². The van der Waals surface area contributed by atoms with Crippen molar-refractivity contribution in [3.8, 4) is 33.4 Å². The molecule has 0 aromatic heterocycles. The lowest BCUT2D eigenvalue weighted by molar-refractivity contribution is 0.768. The topological polar surface area (TPSA) is 0 Å². The van der Waals surface area contributed by atoms with Gasteiger partial charge in [-0.25, -0.2) is 0 Å². The van der Waals surface area contributed by atoms with Crippen LogP contribution in [0.4, 0.5) is 0 Å². The normalized spacial score (nSPS) is 13.1. The molecule has 0 aliphatic heterocycles. The Labute approximate surface area is 231 Å². The Morgan fingerprint density at radius 2 is 0.923 bits per heavy atom. The van der Waals surface area contributed by atoms with Gasteiger partial charge in [-0.15, -0.1) is 0 Å². The van der Waals surface area contributed by atoms with E-state index < -0.39 is 0 Å². The van der Waals surface area contributed by atoms with Crippen molar-refractivity contribution in [2.75, 3.05) is 0 Å². The van der Waals surface area contributed by atoms with E-state index in [0.717, 1.165) is 0 Å². The van der Waals surface area contributed by atoms with Crippen molar-refractivity contribution in [3.63, 3.8) is 0 Å². The summed E-state index contributed by atoms with van der Waals surface area (Å²) in [5.74, 6) is 0. The van der Waals surface area contributed by atoms with Crippen LogP contribution in [0.2, 0.25) is 0 Å². The SMILES string of the molecule is Cc1ccc(-c2ccccc2)cc1-c1cc2c(cc1C)-c1ccccc1C2(c1ccccc1)c1ccccc1. The van der Waals surface area contributed by atoms with Crippen LogP contribution in [0.15, 0.2) is 146 Å². The molecule has 0 N–H and O–H groups in total. The highest BCUT2D eigenvalue weighted by Crippen LogP contribution is 2.57. The average molecular weight is 499 g/mol. The molecular weight excluding hydrogens is 468 g/mol. The lowest BCUT2D eigenvalue weighted by Gasteiger charge is -2.34. The molecule has 39 heavy (non-hydrogen) atoms. The van der Waals surface area contributed by atoms with Crippen molar-refractivity contribution in [1.29, 1.82) is 0 Å². The molecule has 0 amide bonds. The van der Waals surface area contributed by atoms with E-state index in [-0.39, 0.29) is 5.41 Å². The number of hydrogen-bond donors (Lipinski definition) is 0. The van der Waals surface area contributed by atoms with Crippen molar-refractivity contribution in [2.24, 2.45) is 0 Å². The van der Waals surface area contributed by atoms with Crippen LogP contribution in [0.5, 0.6) is 0 Å². The van der Waals surface area contributed by atoms with Gasteiger partial charge < -0.3 is 0 Å². The summed E-state index contributed by atoms with van der Waals surface area (Å²) in [4.78, 5) is 0. The van der Waals surface area contributed by atoms with Crippen molar-refractivity contribution >= 4 is 0 Å². The van der Waals surface area contributed by atoms with E-state index in [4.69, 9.17) is 0 Å². The summed E-state index contributed by atoms with van der Waals surface area (Å²) in [6.45, 7) is 4.49. The molecule has 0 nitrogen and oxygen atoms in total. The van der Waals surface area contributed by atoms with Gasteiger partial charge in [-0.05, 0) is 92.7 Å². The van der Waals surface area contributed by atoms with Gasteiger partial charge in [-0.2, -0.15) is 0 Å². The molecule has 6 aromatic carbocycles. The molecule has 0 heterocycles. The minimum absolute atomic E-state index is 0.387. The fourth-order valence-corrected chi connectivity index (χ4v) is 6.61. The summed E-state index contributed by atoms with van der Waals surface area (Å²) in [7, 11) is 0. The van der Waals surface area contributed by atoms with Crippen LogP contribution in [-0.2, 0) is 5.41 Å². The Morgan fingerprint density at radius 1 is 0.359 bits per heavy atom. The Morgan fingerprint density at radius 3 is 1.59 bits per heavy atom. The third-order valence-corrected chi connectivity index (χ3v) is 8.44. The summed E-state index contributed by atoms with van der Waals surface area (Å²) >= 11 is 0. The van der Waals surface area contributed by atoms with Gasteiger partial charge in [0.25, 0.3) is 0 Å². The van der Waals surface area contributed by atoms with Crippen LogP contribution < -0.4 is 0 Å². The second-order valence-electron chi connectivity index (χ2n) is 10.6. The Hall–Kier alpha value is -4.68. The van der Waals surface area contributed by atoms with Gasteiger partial charge >= 0.3 is 0 Å². The van der Waals surface area contributed by atoms with Crippen LogP contribution in [0.25, 0.3) is 33.4 Å². The maximum absolute atomic E-state index is 2.49. The van der Waals surface area contributed by atoms with Gasteiger partial charge in [0.2, 0.25) is 0 Å². The molecule has 7 rings (SSSR count). The number of fused-ring (bicyclic) bond motifs is 3. The summed E-state index contributed by atoms with van der Waals surface area (Å²) in [5, 5.41) is 0. The molecule has 0 unspecified atom stereocenters. The zero-order valence-corrected chi connectivity index (χ0v) is 22.4. The fraction of sp³-hybridized carbons (Fsp3) is 0.0769. The minimum atomic E-state index is -0.387. The molecule has 1 aliphatic carbocycles. The summed E-state index contributed by atoms with van der Waals surface area (Å²) in [6, 6.07) is 53.5. The highest BCUT2D eigenvalue weighted by Gasteiger charge is 2.46. The van der Waals surface area contributed by atoms with E-state index in [1.807, 2.05) is 0 Å². The standard InChI is InChI=1S/C39H30/c1-27-22-23-30(29-14-6-3-7-15-29)25-34(27)35-26-38-36(24-28(35)2)33-20-12-13-21-37(33)39(38,31-16-8-4-9-17-31)32-18-10-5-11-19-32/h3-26H,1-2H3. The van der Waals surface area contributed by atoms with Gasteiger partial charge in [-0.1, -0.05) is 133 Å². The second-order valence-corrected chi connectivity index (χ2v) is 10.6. The zero-order valence-electron chi connectivity index (χ0n) is 22.4. The van der Waals surface area contributed by atoms with E-state index in [0.29, 0.717) is 0 Å². The molecule has 0 bridgehead atoms. The summed E-state index contributed by atoms with van der Waals surface area (Å²) in [5.41, 5.74) is 15.2. The molecular formula is C39H30. The van der Waals surface area contributed by atoms with Crippen LogP contribution in [0.1, 0.15) is 33.4 Å². The molecule has 0 saturated heterocycles. The van der Waals surface area contributed by atoms with Crippen molar-refractivity contribution in [2.45, 2.75) is 19.3 Å². The van der Waals surface area contributed by atoms with E-state index in [1.165, 1.54) is 66.8 Å². The molecule has 0 heteroatoms. The monoisotopic (exact) mass is 498 g/mol. The Bertz CT molecular complexity index is 1760. The molecule has 0 fully saturated rings. The number of benzene rings is 6. The first-order valence-corrected chi connectivity index (χ1v) is 13.7. The molecule has 6 aromatic rings. The van der Waals surface area contributed by atoms with Gasteiger partial charge in [0.05, 0.1) is 5.41 Å². The lowest BCUT2D eigenvalue weighted by Crippen LogP contribution is -2.28. The van der Waals surface area contributed by atoms with E-state index in [1.54, 1.807) is 0 Å². The quantitative estimate of drug-likeness (QED) is 0.226. The maximum atomic E-state index is 2.49. The minimum Gasteiger partial charge on any atom is -0.0622 e. The Kier molecular flexibility index (Phi) is 5.56. The van der Waals surface area contributed by atoms with Crippen molar-refractivity contribution in [3.05, 3.63) is 179 Å². The third kappa shape index (κ3) is 3.60. The number of rotatable bonds is 4. The summed E-state index contributed by atoms with van der Waals surface area (Å²) in [6.07, 6.45) is 0. The van der Waals surface area contributed by atoms with Crippen LogP contribution >= 0.6 is 0 Å². The summed E-state index contributed by atoms with van der Waals surface area (Å²) < 4.78 is 0. The van der Waals surface area contributed by atoms with Crippen LogP contribution in [-0.4, -0.2) is 0 Å². The fourth-order valence-electron chi connectivity index (χ4n) is 6.61. The zero-order chi connectivity index (χ0) is 26.4. The lowest BCUT2D eigenvalue weighted by atomic mass is 9.67. The predicted octanol–water partition coefficient (Wildman–Crippen LogP) is 10.0. The average Bonchev–Trinajstić information content (AvgIpc) is 3.28. The molecule has 186 valence electrons. The van der Waals surface area contributed by atoms with Gasteiger partial charge in [0, 0.05) is 0 Å². The van der Waals surface area contributed by atoms with Crippen LogP contribution in [0, 0.1) is 13.8 Å². The van der Waals surface area contributed by atoms with Gasteiger partial charge in [0.15, 0.2) is 0 Å². The van der Waals surface area contributed by atoms with E-state index in [2.05, 4.69) is 159 Å². The Balaban J connectivity index is 1.55. The predicted molar refractivity (Wildman–Crippen MR) is 164 cm³/mol. The number of aryl methyl sites for hydroxylation is 2. The van der Waals surface area contributed by atoms with E-state index >= 15 is 0 Å². The van der Waals surface area contributed by atoms with Crippen LogP contribution in [0.3, 0.4) is 0 Å². The molecule has 0 atom stereocenters. The van der Waals surface area contributed by atoms with Crippen molar-refractivity contribution < 1.29 is 0 Å². The molecule has 0 spiro atoms. The molecule has 0 saturated carbocycles. The molecule has 0 radical (unpaired) electrons. The van der Waals surface area contributed by atoms with Crippen molar-refractivity contribution in [1.82, 2.24) is 0 Å². The highest BCUT2D eigenvalue weighted by atomic mass is 14.5. The number of hydrogen-bond acceptors (Lipinski definition) is 0. The smallest absolute Gasteiger partial charge is 0.0622 e. The second kappa shape index (κ2) is 9.26. The maximum Gasteiger partial charge on any atom is 0.0713 e. The largest absolute Gasteiger partial charge is 0.0713 e. The first-order valence-electron chi connectivity index (χ1n) is 13.7. The highest BCUT2D eigenvalue weighted by molar-refractivity contribution is 5.90. The van der Waals surface area contributed by atoms with E-state index in [9.17, 15) is 0 Å². The molecule has 1 aliphatic rings. The first kappa shape index (κ1) is 23.4. The van der Waals surface area contributed by atoms with Gasteiger partial charge in [0.1, 0.15) is 0 Å².